The van der Waals surface area contributed by atoms with E-state index in [0.29, 0.717) is 34.6 Å². The van der Waals surface area contributed by atoms with E-state index >= 15 is 0 Å². The van der Waals surface area contributed by atoms with Gasteiger partial charge in [0.25, 0.3) is 0 Å². The van der Waals surface area contributed by atoms with Gasteiger partial charge in [-0.05, 0) is 62.2 Å². The van der Waals surface area contributed by atoms with Gasteiger partial charge in [-0.1, -0.05) is 27.2 Å². The van der Waals surface area contributed by atoms with Crippen molar-refractivity contribution < 1.29 is 23.7 Å². The van der Waals surface area contributed by atoms with E-state index < -0.39 is 0 Å². The number of benzene rings is 1. The molecule has 7 heteroatoms. The largest absolute Gasteiger partial charge is 0.493 e. The van der Waals surface area contributed by atoms with Gasteiger partial charge in [-0.25, -0.2) is 4.79 Å². The molecule has 1 aliphatic heterocycles. The van der Waals surface area contributed by atoms with Gasteiger partial charge >= 0.3 is 5.97 Å². The Morgan fingerprint density at radius 1 is 1.00 bits per heavy atom. The molecule has 0 radical (unpaired) electrons. The Bertz CT molecular complexity index is 828. The van der Waals surface area contributed by atoms with E-state index in [-0.39, 0.29) is 35.3 Å². The molecular weight excluding hydrogens is 442 g/mol. The molecule has 3 fully saturated rings. The van der Waals surface area contributed by atoms with Crippen LogP contribution in [0.4, 0.5) is 0 Å². The van der Waals surface area contributed by atoms with Crippen molar-refractivity contribution in [2.75, 3.05) is 41.0 Å². The molecule has 2 saturated carbocycles. The highest BCUT2D eigenvalue weighted by Crippen LogP contribution is 2.68. The number of hydrogen-bond donors (Lipinski definition) is 0. The highest BCUT2D eigenvalue weighted by atomic mass is 35.5. The van der Waals surface area contributed by atoms with Crippen LogP contribution in [0.15, 0.2) is 12.1 Å². The first-order valence-corrected chi connectivity index (χ1v) is 12.0. The Balaban J connectivity index is 0.00000306. The van der Waals surface area contributed by atoms with Gasteiger partial charge in [-0.3, -0.25) is 0 Å². The maximum Gasteiger partial charge on any atom is 0.338 e. The first-order chi connectivity index (χ1) is 15.3. The zero-order valence-corrected chi connectivity index (χ0v) is 21.8. The van der Waals surface area contributed by atoms with Crippen LogP contribution < -0.4 is 14.2 Å². The predicted octanol–water partition coefficient (Wildman–Crippen LogP) is 5.22. The lowest BCUT2D eigenvalue weighted by atomic mass is 9.70. The second-order valence-corrected chi connectivity index (χ2v) is 10.5. The van der Waals surface area contributed by atoms with Crippen LogP contribution in [0.5, 0.6) is 17.2 Å². The second-order valence-electron chi connectivity index (χ2n) is 10.5. The molecule has 0 amide bonds. The lowest BCUT2D eigenvalue weighted by Crippen LogP contribution is -2.45. The number of piperidine rings is 1. The Morgan fingerprint density at radius 3 is 2.15 bits per heavy atom. The molecule has 1 saturated heterocycles. The van der Waals surface area contributed by atoms with E-state index in [4.69, 9.17) is 18.9 Å². The molecule has 0 N–H and O–H groups in total. The van der Waals surface area contributed by atoms with E-state index in [9.17, 15) is 4.79 Å². The van der Waals surface area contributed by atoms with Crippen molar-refractivity contribution in [1.29, 1.82) is 0 Å². The highest BCUT2D eigenvalue weighted by Gasteiger charge is 2.67. The summed E-state index contributed by atoms with van der Waals surface area (Å²) in [5.74, 6) is 2.02. The molecule has 2 bridgehead atoms. The summed E-state index contributed by atoms with van der Waals surface area (Å²) in [5, 5.41) is 0. The monoisotopic (exact) mass is 481 g/mol. The van der Waals surface area contributed by atoms with Gasteiger partial charge in [0, 0.05) is 17.9 Å². The van der Waals surface area contributed by atoms with Crippen molar-refractivity contribution in [2.45, 2.75) is 59.0 Å². The number of nitrogens with zero attached hydrogens (tertiary/aromatic N) is 1. The van der Waals surface area contributed by atoms with E-state index in [2.05, 4.69) is 25.7 Å². The first kappa shape index (κ1) is 26.0. The first-order valence-electron chi connectivity index (χ1n) is 12.0. The normalized spacial score (nSPS) is 30.4. The molecular formula is C26H40ClNO5. The number of esters is 1. The Hall–Kier alpha value is -1.66. The van der Waals surface area contributed by atoms with Crippen LogP contribution >= 0.6 is 12.4 Å². The number of likely N-dealkylation sites (tertiary alicyclic amines) is 1. The smallest absolute Gasteiger partial charge is 0.338 e. The highest BCUT2D eigenvalue weighted by molar-refractivity contribution is 5.91. The predicted molar refractivity (Wildman–Crippen MR) is 131 cm³/mol. The number of carbonyl (C=O) groups is 1. The molecule has 4 atom stereocenters. The number of carbonyl (C=O) groups excluding carboxylic acids is 1. The lowest BCUT2D eigenvalue weighted by molar-refractivity contribution is -0.0467. The molecule has 0 spiro atoms. The Labute approximate surface area is 204 Å². The van der Waals surface area contributed by atoms with Gasteiger partial charge in [0.1, 0.15) is 6.10 Å². The van der Waals surface area contributed by atoms with Crippen molar-refractivity contribution in [1.82, 2.24) is 4.90 Å². The van der Waals surface area contributed by atoms with Crippen LogP contribution in [0.3, 0.4) is 0 Å². The van der Waals surface area contributed by atoms with E-state index in [1.165, 1.54) is 25.7 Å². The average molecular weight is 482 g/mol. The van der Waals surface area contributed by atoms with Crippen LogP contribution in [0, 0.1) is 22.7 Å². The number of hydrogen-bond acceptors (Lipinski definition) is 6. The van der Waals surface area contributed by atoms with Gasteiger partial charge in [0.05, 0.1) is 26.9 Å². The van der Waals surface area contributed by atoms with E-state index in [1.807, 2.05) is 0 Å². The summed E-state index contributed by atoms with van der Waals surface area (Å²) >= 11 is 0. The minimum absolute atomic E-state index is 0. The van der Waals surface area contributed by atoms with Crippen LogP contribution in [0.2, 0.25) is 0 Å². The van der Waals surface area contributed by atoms with Crippen molar-refractivity contribution in [3.63, 3.8) is 0 Å². The minimum Gasteiger partial charge on any atom is -0.493 e. The van der Waals surface area contributed by atoms with Gasteiger partial charge in [0.2, 0.25) is 5.75 Å². The van der Waals surface area contributed by atoms with E-state index in [0.717, 1.165) is 26.1 Å². The molecule has 4 rings (SSSR count). The fourth-order valence-corrected chi connectivity index (χ4v) is 6.77. The van der Waals surface area contributed by atoms with Crippen LogP contribution in [-0.2, 0) is 4.74 Å². The fourth-order valence-electron chi connectivity index (χ4n) is 6.77. The number of rotatable bonds is 7. The van der Waals surface area contributed by atoms with E-state index in [1.54, 1.807) is 33.5 Å². The third-order valence-electron chi connectivity index (χ3n) is 8.96. The van der Waals surface area contributed by atoms with Gasteiger partial charge in [-0.2, -0.15) is 0 Å². The van der Waals surface area contributed by atoms with Crippen molar-refractivity contribution in [3.05, 3.63) is 17.7 Å². The van der Waals surface area contributed by atoms with Crippen LogP contribution in [0.1, 0.15) is 63.2 Å². The standard InChI is InChI=1S/C26H39NO5.ClH/c1-25(2)19-10-11-26(25,3)23(18(19)16-27-12-8-7-9-13-27)32-24(28)17-14-20(29-4)22(31-6)21(15-17)30-5;/h14-15,18-19,23H,7-13,16H2,1-6H3;1H. The van der Waals surface area contributed by atoms with Crippen molar-refractivity contribution in [3.8, 4) is 17.2 Å². The lowest BCUT2D eigenvalue weighted by Gasteiger charge is -2.40. The molecule has 186 valence electrons. The maximum absolute atomic E-state index is 13.4. The summed E-state index contributed by atoms with van der Waals surface area (Å²) in [6.45, 7) is 10.4. The summed E-state index contributed by atoms with van der Waals surface area (Å²) in [6.07, 6.45) is 6.11. The summed E-state index contributed by atoms with van der Waals surface area (Å²) in [6, 6.07) is 3.37. The maximum atomic E-state index is 13.4. The number of methoxy groups -OCH3 is 3. The number of halogens is 1. The molecule has 1 aromatic rings. The summed E-state index contributed by atoms with van der Waals surface area (Å²) in [7, 11) is 4.67. The van der Waals surface area contributed by atoms with Crippen LogP contribution in [-0.4, -0.2) is 57.9 Å². The quantitative estimate of drug-likeness (QED) is 0.498. The molecule has 1 aromatic carbocycles. The van der Waals surface area contributed by atoms with Crippen LogP contribution in [0.25, 0.3) is 0 Å². The Morgan fingerprint density at radius 2 is 1.61 bits per heavy atom. The molecule has 4 unspecified atom stereocenters. The number of ether oxygens (including phenoxy) is 4. The molecule has 6 nitrogen and oxygen atoms in total. The van der Waals surface area contributed by atoms with Gasteiger partial charge in [-0.15, -0.1) is 12.4 Å². The molecule has 3 aliphatic rings. The molecule has 2 aliphatic carbocycles. The summed E-state index contributed by atoms with van der Waals surface area (Å²) < 4.78 is 22.7. The molecule has 1 heterocycles. The van der Waals surface area contributed by atoms with Crippen molar-refractivity contribution >= 4 is 18.4 Å². The number of fused-ring (bicyclic) bond motifs is 2. The second kappa shape index (κ2) is 9.91. The summed E-state index contributed by atoms with van der Waals surface area (Å²) in [4.78, 5) is 16.0. The molecule has 0 aromatic heterocycles. The third-order valence-corrected chi connectivity index (χ3v) is 8.96. The Kier molecular flexibility index (Phi) is 7.79. The zero-order valence-electron chi connectivity index (χ0n) is 20.9. The topological polar surface area (TPSA) is 57.2 Å². The van der Waals surface area contributed by atoms with Crippen molar-refractivity contribution in [2.24, 2.45) is 22.7 Å². The SMILES string of the molecule is COc1cc(C(=O)OC2C(CN3CCCCC3)C3CCC2(C)C3(C)C)cc(OC)c1OC.Cl. The average Bonchev–Trinajstić information content (AvgIpc) is 3.11. The zero-order chi connectivity index (χ0) is 23.1. The fraction of sp³-hybridized carbons (Fsp3) is 0.731. The minimum atomic E-state index is -0.317. The van der Waals surface area contributed by atoms with Gasteiger partial charge in [0.15, 0.2) is 11.5 Å². The van der Waals surface area contributed by atoms with Gasteiger partial charge < -0.3 is 23.8 Å². The summed E-state index contributed by atoms with van der Waals surface area (Å²) in [5.41, 5.74) is 0.558. The molecule has 33 heavy (non-hydrogen) atoms. The third kappa shape index (κ3) is 4.29.